The predicted octanol–water partition coefficient (Wildman–Crippen LogP) is 4.67. The number of carbonyl (C=O) groups excluding carboxylic acids is 1. The van der Waals surface area contributed by atoms with E-state index in [9.17, 15) is 4.79 Å². The lowest BCUT2D eigenvalue weighted by atomic mass is 10.1. The molecular weight excluding hydrogens is 298 g/mol. The molecule has 1 amide bonds. The average Bonchev–Trinajstić information content (AvgIpc) is 2.42. The lowest BCUT2D eigenvalue weighted by Gasteiger charge is -2.17. The van der Waals surface area contributed by atoms with Crippen molar-refractivity contribution >= 4 is 23.2 Å². The highest BCUT2D eigenvalue weighted by Crippen LogP contribution is 2.23. The number of nitrogens with one attached hydrogen (secondary N) is 1. The zero-order chi connectivity index (χ0) is 16.3. The third-order valence-electron chi connectivity index (χ3n) is 3.40. The van der Waals surface area contributed by atoms with Gasteiger partial charge in [0.05, 0.1) is 0 Å². The molecule has 2 rings (SSSR count). The summed E-state index contributed by atoms with van der Waals surface area (Å²) in [6.45, 7) is 7.60. The van der Waals surface area contributed by atoms with Gasteiger partial charge in [-0.2, -0.15) is 0 Å². The van der Waals surface area contributed by atoms with Crippen LogP contribution in [-0.4, -0.2) is 12.0 Å². The highest BCUT2D eigenvalue weighted by atomic mass is 35.5. The van der Waals surface area contributed by atoms with Crippen LogP contribution in [0.1, 0.15) is 23.6 Å². The fourth-order valence-electron chi connectivity index (χ4n) is 2.24. The Labute approximate surface area is 136 Å². The van der Waals surface area contributed by atoms with E-state index in [-0.39, 0.29) is 5.91 Å². The minimum atomic E-state index is -0.598. The number of benzene rings is 2. The summed E-state index contributed by atoms with van der Waals surface area (Å²) in [4.78, 5) is 12.3. The van der Waals surface area contributed by atoms with Crippen LogP contribution in [0.4, 0.5) is 5.69 Å². The molecule has 0 spiro atoms. The van der Waals surface area contributed by atoms with Crippen molar-refractivity contribution in [3.63, 3.8) is 0 Å². The van der Waals surface area contributed by atoms with Gasteiger partial charge in [-0.3, -0.25) is 4.79 Å². The number of halogens is 1. The van der Waals surface area contributed by atoms with Gasteiger partial charge in [0.2, 0.25) is 0 Å². The van der Waals surface area contributed by atoms with Gasteiger partial charge < -0.3 is 10.1 Å². The molecule has 0 aliphatic heterocycles. The molecule has 2 aromatic carbocycles. The normalized spacial score (nSPS) is 11.9. The second-order valence-electron chi connectivity index (χ2n) is 5.49. The van der Waals surface area contributed by atoms with Crippen LogP contribution in [0.15, 0.2) is 36.4 Å². The molecule has 3 nitrogen and oxygen atoms in total. The zero-order valence-corrected chi connectivity index (χ0v) is 14.0. The van der Waals surface area contributed by atoms with Gasteiger partial charge >= 0.3 is 0 Å². The molecule has 1 N–H and O–H groups in total. The standard InChI is InChI=1S/C18H20ClNO2/c1-11-8-12(2)10-15(9-11)22-14(4)18(21)20-17-7-5-6-16(19)13(17)3/h5-10,14H,1-4H3,(H,20,21)/t14-/m0/s1. The predicted molar refractivity (Wildman–Crippen MR) is 90.8 cm³/mol. The van der Waals surface area contributed by atoms with Crippen LogP contribution in [0.5, 0.6) is 5.75 Å². The third kappa shape index (κ3) is 4.01. The molecule has 2 aromatic rings. The molecular formula is C18H20ClNO2. The number of hydrogen-bond acceptors (Lipinski definition) is 2. The van der Waals surface area contributed by atoms with Crippen LogP contribution in [0.25, 0.3) is 0 Å². The number of anilines is 1. The average molecular weight is 318 g/mol. The van der Waals surface area contributed by atoms with Crippen LogP contribution >= 0.6 is 11.6 Å². The van der Waals surface area contributed by atoms with Crippen molar-refractivity contribution in [2.45, 2.75) is 33.8 Å². The number of aryl methyl sites for hydroxylation is 2. The number of rotatable bonds is 4. The van der Waals surface area contributed by atoms with Gasteiger partial charge in [0.25, 0.3) is 5.91 Å². The summed E-state index contributed by atoms with van der Waals surface area (Å²) in [6, 6.07) is 11.3. The summed E-state index contributed by atoms with van der Waals surface area (Å²) >= 11 is 6.06. The Balaban J connectivity index is 2.07. The minimum Gasteiger partial charge on any atom is -0.481 e. The van der Waals surface area contributed by atoms with Crippen LogP contribution in [0.3, 0.4) is 0 Å². The topological polar surface area (TPSA) is 38.3 Å². The summed E-state index contributed by atoms with van der Waals surface area (Å²) in [7, 11) is 0. The van der Waals surface area contributed by atoms with E-state index in [0.29, 0.717) is 16.5 Å². The first-order chi connectivity index (χ1) is 10.4. The van der Waals surface area contributed by atoms with E-state index in [2.05, 4.69) is 11.4 Å². The summed E-state index contributed by atoms with van der Waals surface area (Å²) in [5, 5.41) is 3.48. The van der Waals surface area contributed by atoms with Gasteiger partial charge in [-0.15, -0.1) is 0 Å². The van der Waals surface area contributed by atoms with E-state index >= 15 is 0 Å². The van der Waals surface area contributed by atoms with E-state index in [1.54, 1.807) is 19.1 Å². The highest BCUT2D eigenvalue weighted by molar-refractivity contribution is 6.31. The second kappa shape index (κ2) is 6.84. The third-order valence-corrected chi connectivity index (χ3v) is 3.81. The van der Waals surface area contributed by atoms with Gasteiger partial charge in [0, 0.05) is 10.7 Å². The molecule has 0 saturated carbocycles. The number of hydrogen-bond donors (Lipinski definition) is 1. The molecule has 116 valence electrons. The van der Waals surface area contributed by atoms with Crippen LogP contribution in [-0.2, 0) is 4.79 Å². The molecule has 0 saturated heterocycles. The number of amides is 1. The van der Waals surface area contributed by atoms with Crippen molar-refractivity contribution in [2.24, 2.45) is 0 Å². The minimum absolute atomic E-state index is 0.204. The quantitative estimate of drug-likeness (QED) is 0.889. The van der Waals surface area contributed by atoms with Gasteiger partial charge in [-0.25, -0.2) is 0 Å². The van der Waals surface area contributed by atoms with E-state index in [1.807, 2.05) is 39.0 Å². The first kappa shape index (κ1) is 16.4. The molecule has 0 bridgehead atoms. The molecule has 0 heterocycles. The lowest BCUT2D eigenvalue weighted by Crippen LogP contribution is -2.30. The van der Waals surface area contributed by atoms with Crippen molar-refractivity contribution in [2.75, 3.05) is 5.32 Å². The Morgan fingerprint density at radius 1 is 1.14 bits per heavy atom. The Hall–Kier alpha value is -2.00. The molecule has 0 aliphatic rings. The summed E-state index contributed by atoms with van der Waals surface area (Å²) in [5.74, 6) is 0.493. The van der Waals surface area contributed by atoms with Crippen LogP contribution in [0.2, 0.25) is 5.02 Å². The molecule has 0 aromatic heterocycles. The molecule has 1 atom stereocenters. The maximum absolute atomic E-state index is 12.3. The van der Waals surface area contributed by atoms with Crippen LogP contribution in [0, 0.1) is 20.8 Å². The van der Waals surface area contributed by atoms with E-state index < -0.39 is 6.10 Å². The van der Waals surface area contributed by atoms with Gasteiger partial charge in [-0.1, -0.05) is 23.7 Å². The summed E-state index contributed by atoms with van der Waals surface area (Å²) in [6.07, 6.45) is -0.598. The first-order valence-electron chi connectivity index (χ1n) is 7.18. The number of carbonyl (C=O) groups is 1. The first-order valence-corrected chi connectivity index (χ1v) is 7.55. The molecule has 0 unspecified atom stereocenters. The monoisotopic (exact) mass is 317 g/mol. The van der Waals surface area contributed by atoms with Crippen molar-refractivity contribution in [3.05, 3.63) is 58.1 Å². The Morgan fingerprint density at radius 3 is 2.41 bits per heavy atom. The summed E-state index contributed by atoms with van der Waals surface area (Å²) in [5.41, 5.74) is 3.76. The Kier molecular flexibility index (Phi) is 5.09. The van der Waals surface area contributed by atoms with Crippen molar-refractivity contribution in [3.8, 4) is 5.75 Å². The molecule has 22 heavy (non-hydrogen) atoms. The van der Waals surface area contributed by atoms with Gasteiger partial charge in [0.15, 0.2) is 6.10 Å². The van der Waals surface area contributed by atoms with E-state index in [1.165, 1.54) is 0 Å². The molecule has 0 aliphatic carbocycles. The molecule has 0 radical (unpaired) electrons. The second-order valence-corrected chi connectivity index (χ2v) is 5.89. The maximum Gasteiger partial charge on any atom is 0.265 e. The van der Waals surface area contributed by atoms with E-state index in [4.69, 9.17) is 16.3 Å². The summed E-state index contributed by atoms with van der Waals surface area (Å²) < 4.78 is 5.74. The molecule has 0 fully saturated rings. The number of ether oxygens (including phenoxy) is 1. The smallest absolute Gasteiger partial charge is 0.265 e. The maximum atomic E-state index is 12.3. The highest BCUT2D eigenvalue weighted by Gasteiger charge is 2.16. The fraction of sp³-hybridized carbons (Fsp3) is 0.278. The van der Waals surface area contributed by atoms with Gasteiger partial charge in [0.1, 0.15) is 5.75 Å². The van der Waals surface area contributed by atoms with Crippen molar-refractivity contribution in [1.82, 2.24) is 0 Å². The van der Waals surface area contributed by atoms with Crippen molar-refractivity contribution in [1.29, 1.82) is 0 Å². The fourth-order valence-corrected chi connectivity index (χ4v) is 2.41. The zero-order valence-electron chi connectivity index (χ0n) is 13.2. The Morgan fingerprint density at radius 2 is 1.77 bits per heavy atom. The SMILES string of the molecule is Cc1cc(C)cc(O[C@@H](C)C(=O)Nc2cccc(Cl)c2C)c1. The van der Waals surface area contributed by atoms with Gasteiger partial charge in [-0.05, 0) is 68.7 Å². The Bertz CT molecular complexity index is 677. The van der Waals surface area contributed by atoms with Crippen molar-refractivity contribution < 1.29 is 9.53 Å². The molecule has 4 heteroatoms. The largest absolute Gasteiger partial charge is 0.481 e. The van der Waals surface area contributed by atoms with E-state index in [0.717, 1.165) is 16.7 Å². The lowest BCUT2D eigenvalue weighted by molar-refractivity contribution is -0.122. The van der Waals surface area contributed by atoms with Crippen LogP contribution < -0.4 is 10.1 Å².